The van der Waals surface area contributed by atoms with Gasteiger partial charge in [-0.2, -0.15) is 0 Å². The van der Waals surface area contributed by atoms with Crippen molar-refractivity contribution in [1.82, 2.24) is 5.32 Å². The normalized spacial score (nSPS) is 23.8. The number of ether oxygens (including phenoxy) is 1. The zero-order valence-corrected chi connectivity index (χ0v) is 11.7. The second kappa shape index (κ2) is 6.99. The lowest BCUT2D eigenvalue weighted by atomic mass is 10.0. The van der Waals surface area contributed by atoms with Crippen LogP contribution in [0, 0.1) is 5.82 Å². The molecule has 3 N–H and O–H groups in total. The molecule has 1 aromatic carbocycles. The Bertz CT molecular complexity index is 442. The largest absolute Gasteiger partial charge is 0.490 e. The molecule has 0 amide bonds. The lowest BCUT2D eigenvalue weighted by Gasteiger charge is -2.20. The molecule has 1 aliphatic rings. The molecule has 2 rings (SSSR count). The Hall–Kier alpha value is -1.20. The van der Waals surface area contributed by atoms with Gasteiger partial charge in [0.1, 0.15) is 17.7 Å². The third-order valence-corrected chi connectivity index (χ3v) is 3.57. The van der Waals surface area contributed by atoms with Crippen LogP contribution in [0.4, 0.5) is 8.78 Å². The van der Waals surface area contributed by atoms with E-state index in [1.165, 1.54) is 12.1 Å². The number of hydrogen-bond donors (Lipinski definition) is 2. The Morgan fingerprint density at radius 3 is 2.95 bits per heavy atom. The first-order valence-corrected chi connectivity index (χ1v) is 7.13. The molecule has 0 radical (unpaired) electrons. The number of alkyl halides is 1. The predicted molar refractivity (Wildman–Crippen MR) is 75.0 cm³/mol. The van der Waals surface area contributed by atoms with Gasteiger partial charge in [-0.25, -0.2) is 8.78 Å². The van der Waals surface area contributed by atoms with E-state index in [1.807, 2.05) is 6.92 Å². The van der Waals surface area contributed by atoms with Crippen molar-refractivity contribution >= 4 is 0 Å². The first-order chi connectivity index (χ1) is 9.60. The summed E-state index contributed by atoms with van der Waals surface area (Å²) in [6.07, 6.45) is 1.20. The van der Waals surface area contributed by atoms with Crippen molar-refractivity contribution in [2.75, 3.05) is 13.1 Å². The Labute approximate surface area is 118 Å². The van der Waals surface area contributed by atoms with E-state index < -0.39 is 6.17 Å². The summed E-state index contributed by atoms with van der Waals surface area (Å²) < 4.78 is 32.6. The summed E-state index contributed by atoms with van der Waals surface area (Å²) in [5, 5.41) is 3.07. The molecule has 0 aliphatic carbocycles. The van der Waals surface area contributed by atoms with Gasteiger partial charge in [-0.3, -0.25) is 0 Å². The van der Waals surface area contributed by atoms with Crippen molar-refractivity contribution in [3.63, 3.8) is 0 Å². The van der Waals surface area contributed by atoms with Crippen molar-refractivity contribution in [3.05, 3.63) is 29.6 Å². The number of hydrogen-bond acceptors (Lipinski definition) is 3. The molecule has 112 valence electrons. The molecular weight excluding hydrogens is 262 g/mol. The van der Waals surface area contributed by atoms with Crippen LogP contribution in [0.25, 0.3) is 0 Å². The van der Waals surface area contributed by atoms with Gasteiger partial charge in [0.2, 0.25) is 0 Å². The van der Waals surface area contributed by atoms with E-state index in [0.29, 0.717) is 30.8 Å². The van der Waals surface area contributed by atoms with E-state index in [-0.39, 0.29) is 18.0 Å². The highest BCUT2D eigenvalue weighted by molar-refractivity contribution is 5.37. The molecule has 1 heterocycles. The molecule has 1 fully saturated rings. The van der Waals surface area contributed by atoms with Gasteiger partial charge in [-0.1, -0.05) is 0 Å². The van der Waals surface area contributed by atoms with Crippen molar-refractivity contribution in [2.24, 2.45) is 5.73 Å². The lowest BCUT2D eigenvalue weighted by Crippen LogP contribution is -2.18. The number of rotatable bonds is 6. The Balaban J connectivity index is 2.11. The average molecular weight is 284 g/mol. The molecule has 0 unspecified atom stereocenters. The summed E-state index contributed by atoms with van der Waals surface area (Å²) in [5.74, 6) is 0.300. The Morgan fingerprint density at radius 2 is 2.30 bits per heavy atom. The zero-order valence-electron chi connectivity index (χ0n) is 11.7. The van der Waals surface area contributed by atoms with Gasteiger partial charge in [-0.15, -0.1) is 0 Å². The standard InChI is InChI=1S/C15H22F2N2O/c1-10(3-2-6-18)20-15-5-4-11(16)7-13(15)14-8-12(17)9-19-14/h4-5,7,10,12,14,19H,2-3,6,8-9,18H2,1H3/t10-,12-,14+/m0/s1. The summed E-state index contributed by atoms with van der Waals surface area (Å²) in [7, 11) is 0. The fraction of sp³-hybridized carbons (Fsp3) is 0.600. The first-order valence-electron chi connectivity index (χ1n) is 7.13. The molecule has 0 bridgehead atoms. The minimum atomic E-state index is -0.884. The third kappa shape index (κ3) is 3.90. The Morgan fingerprint density at radius 1 is 1.50 bits per heavy atom. The van der Waals surface area contributed by atoms with Crippen LogP contribution in [0.3, 0.4) is 0 Å². The minimum Gasteiger partial charge on any atom is -0.490 e. The highest BCUT2D eigenvalue weighted by atomic mass is 19.1. The number of nitrogens with one attached hydrogen (secondary N) is 1. The monoisotopic (exact) mass is 284 g/mol. The van der Waals surface area contributed by atoms with E-state index in [4.69, 9.17) is 10.5 Å². The predicted octanol–water partition coefficient (Wildman–Crippen LogP) is 2.70. The molecule has 20 heavy (non-hydrogen) atoms. The van der Waals surface area contributed by atoms with E-state index in [2.05, 4.69) is 5.32 Å². The van der Waals surface area contributed by atoms with Crippen LogP contribution in [-0.2, 0) is 0 Å². The lowest BCUT2D eigenvalue weighted by molar-refractivity contribution is 0.205. The quantitative estimate of drug-likeness (QED) is 0.844. The Kier molecular flexibility index (Phi) is 5.31. The summed E-state index contributed by atoms with van der Waals surface area (Å²) in [6, 6.07) is 4.24. The summed E-state index contributed by atoms with van der Waals surface area (Å²) in [4.78, 5) is 0. The van der Waals surface area contributed by atoms with Crippen molar-refractivity contribution in [2.45, 2.75) is 44.5 Å². The van der Waals surface area contributed by atoms with Crippen LogP contribution in [-0.4, -0.2) is 25.4 Å². The molecule has 1 aromatic rings. The van der Waals surface area contributed by atoms with E-state index in [9.17, 15) is 8.78 Å². The fourth-order valence-corrected chi connectivity index (χ4v) is 2.51. The molecule has 0 spiro atoms. The average Bonchev–Trinajstić information content (AvgIpc) is 2.85. The number of benzene rings is 1. The van der Waals surface area contributed by atoms with Gasteiger partial charge in [0.15, 0.2) is 0 Å². The van der Waals surface area contributed by atoms with Crippen molar-refractivity contribution in [1.29, 1.82) is 0 Å². The molecule has 0 saturated carbocycles. The topological polar surface area (TPSA) is 47.3 Å². The van der Waals surface area contributed by atoms with Gasteiger partial charge >= 0.3 is 0 Å². The maximum Gasteiger partial charge on any atom is 0.124 e. The van der Waals surface area contributed by atoms with Gasteiger partial charge in [0.05, 0.1) is 6.10 Å². The van der Waals surface area contributed by atoms with E-state index in [0.717, 1.165) is 12.8 Å². The van der Waals surface area contributed by atoms with Crippen LogP contribution in [0.15, 0.2) is 18.2 Å². The van der Waals surface area contributed by atoms with E-state index >= 15 is 0 Å². The highest BCUT2D eigenvalue weighted by Gasteiger charge is 2.27. The maximum absolute atomic E-state index is 13.4. The fourth-order valence-electron chi connectivity index (χ4n) is 2.51. The van der Waals surface area contributed by atoms with Crippen LogP contribution in [0.2, 0.25) is 0 Å². The summed E-state index contributed by atoms with van der Waals surface area (Å²) in [6.45, 7) is 2.89. The third-order valence-electron chi connectivity index (χ3n) is 3.57. The van der Waals surface area contributed by atoms with Gasteiger partial charge in [0, 0.05) is 18.2 Å². The molecule has 1 saturated heterocycles. The van der Waals surface area contributed by atoms with Gasteiger partial charge in [-0.05, 0) is 50.9 Å². The molecule has 3 nitrogen and oxygen atoms in total. The van der Waals surface area contributed by atoms with Gasteiger partial charge < -0.3 is 15.8 Å². The summed E-state index contributed by atoms with van der Waals surface area (Å²) >= 11 is 0. The molecule has 0 aromatic heterocycles. The number of halogens is 2. The first kappa shape index (κ1) is 15.2. The second-order valence-electron chi connectivity index (χ2n) is 5.34. The SMILES string of the molecule is C[C@@H](CCCN)Oc1ccc(F)cc1[C@H]1C[C@H](F)CN1. The van der Waals surface area contributed by atoms with E-state index in [1.54, 1.807) is 6.07 Å². The van der Waals surface area contributed by atoms with Crippen LogP contribution < -0.4 is 15.8 Å². The molecular formula is C15H22F2N2O. The van der Waals surface area contributed by atoms with Crippen LogP contribution >= 0.6 is 0 Å². The second-order valence-corrected chi connectivity index (χ2v) is 5.34. The minimum absolute atomic E-state index is 0.00494. The zero-order chi connectivity index (χ0) is 14.5. The van der Waals surface area contributed by atoms with Crippen molar-refractivity contribution < 1.29 is 13.5 Å². The van der Waals surface area contributed by atoms with Crippen molar-refractivity contribution in [3.8, 4) is 5.75 Å². The maximum atomic E-state index is 13.4. The smallest absolute Gasteiger partial charge is 0.124 e. The van der Waals surface area contributed by atoms with Gasteiger partial charge in [0.25, 0.3) is 0 Å². The summed E-state index contributed by atoms with van der Waals surface area (Å²) in [5.41, 5.74) is 6.18. The molecule has 1 aliphatic heterocycles. The van der Waals surface area contributed by atoms with Crippen LogP contribution in [0.1, 0.15) is 37.8 Å². The van der Waals surface area contributed by atoms with Crippen LogP contribution in [0.5, 0.6) is 5.75 Å². The molecule has 3 atom stereocenters. The highest BCUT2D eigenvalue weighted by Crippen LogP contribution is 2.33. The number of nitrogens with two attached hydrogens (primary N) is 1. The molecule has 5 heteroatoms.